The molecule has 0 bridgehead atoms. The van der Waals surface area contributed by atoms with Gasteiger partial charge in [-0.05, 0) is 43.9 Å². The van der Waals surface area contributed by atoms with Crippen LogP contribution in [0.4, 0.5) is 0 Å². The molecule has 3 rings (SSSR count). The van der Waals surface area contributed by atoms with Crippen LogP contribution in [-0.4, -0.2) is 53.7 Å². The van der Waals surface area contributed by atoms with E-state index in [4.69, 9.17) is 4.74 Å². The number of amides is 2. The summed E-state index contributed by atoms with van der Waals surface area (Å²) in [5, 5.41) is 12.5. The summed E-state index contributed by atoms with van der Waals surface area (Å²) in [5.41, 5.74) is 1.01. The number of carbonyl (C=O) groups is 2. The number of phenolic OH excluding ortho intramolecular Hbond substituents is 1. The number of nitrogens with zero attached hydrogens (tertiary/aromatic N) is 1. The minimum Gasteiger partial charge on any atom is -0.507 e. The first kappa shape index (κ1) is 16.8. The second kappa shape index (κ2) is 6.81. The van der Waals surface area contributed by atoms with Crippen LogP contribution in [-0.2, 0) is 9.53 Å². The summed E-state index contributed by atoms with van der Waals surface area (Å²) in [5.74, 6) is -0.366. The number of ether oxygens (including phenoxy) is 1. The predicted octanol–water partition coefficient (Wildman–Crippen LogP) is 1.60. The van der Waals surface area contributed by atoms with Gasteiger partial charge in [-0.1, -0.05) is 6.07 Å². The maximum Gasteiger partial charge on any atom is 0.255 e. The lowest BCUT2D eigenvalue weighted by Gasteiger charge is -2.48. The van der Waals surface area contributed by atoms with E-state index in [-0.39, 0.29) is 41.7 Å². The predicted molar refractivity (Wildman–Crippen MR) is 88.9 cm³/mol. The Bertz CT molecular complexity index is 640. The van der Waals surface area contributed by atoms with Gasteiger partial charge in [-0.25, -0.2) is 0 Å². The summed E-state index contributed by atoms with van der Waals surface area (Å²) in [4.78, 5) is 26.2. The monoisotopic (exact) mass is 332 g/mol. The summed E-state index contributed by atoms with van der Waals surface area (Å²) >= 11 is 0. The number of nitrogens with one attached hydrogen (secondary N) is 1. The molecule has 1 heterocycles. The fraction of sp³-hybridized carbons (Fsp3) is 0.556. The number of aromatic hydroxyl groups is 1. The van der Waals surface area contributed by atoms with Crippen molar-refractivity contribution < 1.29 is 19.4 Å². The van der Waals surface area contributed by atoms with E-state index in [1.807, 2.05) is 11.8 Å². The summed E-state index contributed by atoms with van der Waals surface area (Å²) in [6.45, 7) is 3.98. The second-order valence-corrected chi connectivity index (χ2v) is 6.73. The standard InChI is InChI=1S/C18H24N2O4/c1-13-3-4-14(15(21)11-13)17(23)19-8-5-16(22)20-9-10-24-18(12-20)6-2-7-18/h3-4,11,21H,2,5-10,12H2,1H3,(H,19,23). The van der Waals surface area contributed by atoms with Crippen molar-refractivity contribution in [2.45, 2.75) is 38.2 Å². The first-order chi connectivity index (χ1) is 11.5. The first-order valence-electron chi connectivity index (χ1n) is 8.49. The smallest absolute Gasteiger partial charge is 0.255 e. The van der Waals surface area contributed by atoms with E-state index in [1.54, 1.807) is 18.2 Å². The normalized spacial score (nSPS) is 19.0. The van der Waals surface area contributed by atoms with E-state index in [1.165, 1.54) is 0 Å². The van der Waals surface area contributed by atoms with Gasteiger partial charge in [0.2, 0.25) is 5.91 Å². The highest BCUT2D eigenvalue weighted by atomic mass is 16.5. The van der Waals surface area contributed by atoms with E-state index in [2.05, 4.69) is 5.32 Å². The molecule has 1 aliphatic carbocycles. The average molecular weight is 332 g/mol. The highest BCUT2D eigenvalue weighted by Crippen LogP contribution is 2.38. The zero-order valence-electron chi connectivity index (χ0n) is 14.0. The summed E-state index contributed by atoms with van der Waals surface area (Å²) in [7, 11) is 0. The van der Waals surface area contributed by atoms with Crippen molar-refractivity contribution in [3.05, 3.63) is 29.3 Å². The van der Waals surface area contributed by atoms with Crippen LogP contribution >= 0.6 is 0 Å². The van der Waals surface area contributed by atoms with E-state index >= 15 is 0 Å². The third kappa shape index (κ3) is 3.53. The molecule has 1 aliphatic heterocycles. The number of morpholine rings is 1. The topological polar surface area (TPSA) is 78.9 Å². The number of hydrogen-bond acceptors (Lipinski definition) is 4. The van der Waals surface area contributed by atoms with Crippen LogP contribution in [0.25, 0.3) is 0 Å². The fourth-order valence-corrected chi connectivity index (χ4v) is 3.30. The van der Waals surface area contributed by atoms with Crippen LogP contribution in [0.2, 0.25) is 0 Å². The van der Waals surface area contributed by atoms with Gasteiger partial charge in [-0.15, -0.1) is 0 Å². The largest absolute Gasteiger partial charge is 0.507 e. The lowest BCUT2D eigenvalue weighted by atomic mass is 9.79. The highest BCUT2D eigenvalue weighted by molar-refractivity contribution is 5.97. The minimum atomic E-state index is -0.363. The lowest BCUT2D eigenvalue weighted by Crippen LogP contribution is -2.57. The molecule has 1 saturated carbocycles. The molecule has 2 aliphatic rings. The molecule has 6 heteroatoms. The Balaban J connectivity index is 1.47. The molecule has 1 spiro atoms. The van der Waals surface area contributed by atoms with Crippen LogP contribution < -0.4 is 5.32 Å². The van der Waals surface area contributed by atoms with Crippen LogP contribution in [0.1, 0.15) is 41.6 Å². The maximum atomic E-state index is 12.3. The summed E-state index contributed by atoms with van der Waals surface area (Å²) in [6.07, 6.45) is 3.48. The number of aryl methyl sites for hydroxylation is 1. The third-order valence-electron chi connectivity index (χ3n) is 4.89. The number of hydrogen-bond donors (Lipinski definition) is 2. The van der Waals surface area contributed by atoms with Crippen molar-refractivity contribution in [3.8, 4) is 5.75 Å². The zero-order valence-corrected chi connectivity index (χ0v) is 14.0. The molecule has 2 fully saturated rings. The number of phenols is 1. The first-order valence-corrected chi connectivity index (χ1v) is 8.49. The third-order valence-corrected chi connectivity index (χ3v) is 4.89. The maximum absolute atomic E-state index is 12.3. The molecule has 0 aromatic heterocycles. The van der Waals surface area contributed by atoms with Crippen molar-refractivity contribution in [2.75, 3.05) is 26.2 Å². The molecule has 0 atom stereocenters. The fourth-order valence-electron chi connectivity index (χ4n) is 3.30. The molecule has 24 heavy (non-hydrogen) atoms. The van der Waals surface area contributed by atoms with Gasteiger partial charge in [-0.3, -0.25) is 9.59 Å². The van der Waals surface area contributed by atoms with Crippen molar-refractivity contribution >= 4 is 11.8 Å². The number of carbonyl (C=O) groups excluding carboxylic acids is 2. The van der Waals surface area contributed by atoms with E-state index in [0.717, 1.165) is 24.8 Å². The minimum absolute atomic E-state index is 0.0398. The summed E-state index contributed by atoms with van der Waals surface area (Å²) < 4.78 is 5.81. The van der Waals surface area contributed by atoms with Gasteiger partial charge in [0, 0.05) is 26.1 Å². The molecular weight excluding hydrogens is 308 g/mol. The molecule has 1 aromatic carbocycles. The molecule has 0 radical (unpaired) electrons. The summed E-state index contributed by atoms with van der Waals surface area (Å²) in [6, 6.07) is 4.90. The van der Waals surface area contributed by atoms with Crippen molar-refractivity contribution in [2.24, 2.45) is 0 Å². The van der Waals surface area contributed by atoms with Crippen molar-refractivity contribution in [1.29, 1.82) is 0 Å². The quantitative estimate of drug-likeness (QED) is 0.878. The zero-order chi connectivity index (χ0) is 17.2. The Morgan fingerprint density at radius 2 is 2.17 bits per heavy atom. The molecular formula is C18H24N2O4. The van der Waals surface area contributed by atoms with Crippen LogP contribution in [0.3, 0.4) is 0 Å². The van der Waals surface area contributed by atoms with Gasteiger partial charge in [0.15, 0.2) is 0 Å². The Morgan fingerprint density at radius 1 is 1.38 bits per heavy atom. The van der Waals surface area contributed by atoms with Gasteiger partial charge in [0.05, 0.1) is 17.8 Å². The molecule has 1 aromatic rings. The van der Waals surface area contributed by atoms with Crippen LogP contribution in [0.15, 0.2) is 18.2 Å². The number of benzene rings is 1. The number of rotatable bonds is 4. The highest BCUT2D eigenvalue weighted by Gasteiger charge is 2.42. The van der Waals surface area contributed by atoms with Gasteiger partial charge in [-0.2, -0.15) is 0 Å². The second-order valence-electron chi connectivity index (χ2n) is 6.73. The van der Waals surface area contributed by atoms with E-state index in [0.29, 0.717) is 19.7 Å². The Kier molecular flexibility index (Phi) is 4.76. The van der Waals surface area contributed by atoms with E-state index < -0.39 is 0 Å². The van der Waals surface area contributed by atoms with Crippen molar-refractivity contribution in [1.82, 2.24) is 10.2 Å². The molecule has 6 nitrogen and oxygen atoms in total. The molecule has 2 N–H and O–H groups in total. The Hall–Kier alpha value is -2.08. The van der Waals surface area contributed by atoms with Crippen LogP contribution in [0, 0.1) is 6.92 Å². The van der Waals surface area contributed by atoms with Gasteiger partial charge in [0.1, 0.15) is 5.75 Å². The Morgan fingerprint density at radius 3 is 2.83 bits per heavy atom. The lowest BCUT2D eigenvalue weighted by molar-refractivity contribution is -0.167. The molecule has 2 amide bonds. The van der Waals surface area contributed by atoms with Crippen molar-refractivity contribution in [3.63, 3.8) is 0 Å². The Labute approximate surface area is 141 Å². The molecule has 1 saturated heterocycles. The van der Waals surface area contributed by atoms with Gasteiger partial charge in [0.25, 0.3) is 5.91 Å². The van der Waals surface area contributed by atoms with Crippen LogP contribution in [0.5, 0.6) is 5.75 Å². The molecule has 0 unspecified atom stereocenters. The van der Waals surface area contributed by atoms with Gasteiger partial charge >= 0.3 is 0 Å². The SMILES string of the molecule is Cc1ccc(C(=O)NCCC(=O)N2CCOC3(CCC3)C2)c(O)c1. The molecule has 130 valence electrons. The van der Waals surface area contributed by atoms with E-state index in [9.17, 15) is 14.7 Å². The average Bonchev–Trinajstić information content (AvgIpc) is 2.53. The van der Waals surface area contributed by atoms with Gasteiger partial charge < -0.3 is 20.1 Å².